The first-order chi connectivity index (χ1) is 5.83. The van der Waals surface area contributed by atoms with Gasteiger partial charge in [0.15, 0.2) is 0 Å². The van der Waals surface area contributed by atoms with E-state index in [1.807, 2.05) is 12.2 Å². The molecule has 0 spiro atoms. The van der Waals surface area contributed by atoms with Crippen molar-refractivity contribution >= 4 is 16.9 Å². The van der Waals surface area contributed by atoms with Crippen LogP contribution < -0.4 is 0 Å². The van der Waals surface area contributed by atoms with Gasteiger partial charge >= 0.3 is 5.97 Å². The number of rotatable bonds is 2. The van der Waals surface area contributed by atoms with Crippen molar-refractivity contribution in [2.45, 2.75) is 18.1 Å². The third-order valence-electron chi connectivity index (χ3n) is 2.11. The molecule has 0 amide bonds. The summed E-state index contributed by atoms with van der Waals surface area (Å²) in [4.78, 5) is 12.1. The Morgan fingerprint density at radius 3 is 3.00 bits per heavy atom. The average Bonchev–Trinajstić information content (AvgIpc) is 2.83. The zero-order valence-electron chi connectivity index (χ0n) is 6.99. The Morgan fingerprint density at radius 1 is 1.67 bits per heavy atom. The lowest BCUT2D eigenvalue weighted by Crippen LogP contribution is -2.04. The van der Waals surface area contributed by atoms with Gasteiger partial charge in [-0.1, -0.05) is 6.08 Å². The summed E-state index contributed by atoms with van der Waals surface area (Å²) in [5, 5.41) is 2.93. The molecule has 0 bridgehead atoms. The SMILES string of the molecule is COC(=O)C1=CC=C[SH]1C1CC1. The predicted molar refractivity (Wildman–Crippen MR) is 51.2 cm³/mol. The minimum atomic E-state index is -0.296. The van der Waals surface area contributed by atoms with Crippen molar-refractivity contribution in [3.8, 4) is 0 Å². The molecule has 2 rings (SSSR count). The van der Waals surface area contributed by atoms with Crippen LogP contribution in [0.5, 0.6) is 0 Å². The van der Waals surface area contributed by atoms with Gasteiger partial charge in [0.2, 0.25) is 0 Å². The maximum absolute atomic E-state index is 11.2. The van der Waals surface area contributed by atoms with Crippen molar-refractivity contribution in [3.63, 3.8) is 0 Å². The summed E-state index contributed by atoms with van der Waals surface area (Å²) in [7, 11) is 1.15. The molecule has 66 valence electrons. The Labute approximate surface area is 74.6 Å². The minimum Gasteiger partial charge on any atom is -0.465 e. The minimum absolute atomic E-state index is 0.141. The molecule has 0 aromatic heterocycles. The lowest BCUT2D eigenvalue weighted by atomic mass is 10.5. The molecule has 1 aliphatic heterocycles. The number of thiol groups is 1. The molecule has 2 aliphatic rings. The smallest absolute Gasteiger partial charge is 0.342 e. The quantitative estimate of drug-likeness (QED) is 0.522. The number of carbonyl (C=O) groups is 1. The van der Waals surface area contributed by atoms with Crippen LogP contribution in [0.25, 0.3) is 0 Å². The second kappa shape index (κ2) is 2.98. The molecule has 1 aliphatic carbocycles. The topological polar surface area (TPSA) is 26.3 Å². The number of hydrogen-bond acceptors (Lipinski definition) is 2. The van der Waals surface area contributed by atoms with Crippen LogP contribution in [-0.2, 0) is 9.53 Å². The van der Waals surface area contributed by atoms with Crippen LogP contribution in [0.2, 0.25) is 0 Å². The van der Waals surface area contributed by atoms with Gasteiger partial charge in [0.1, 0.15) is 0 Å². The molecular weight excluding hydrogens is 172 g/mol. The van der Waals surface area contributed by atoms with Crippen LogP contribution in [0.15, 0.2) is 22.5 Å². The molecule has 0 aromatic rings. The molecule has 0 aromatic carbocycles. The molecule has 2 nitrogen and oxygen atoms in total. The van der Waals surface area contributed by atoms with Gasteiger partial charge in [-0.2, -0.15) is 10.9 Å². The highest BCUT2D eigenvalue weighted by Gasteiger charge is 2.33. The van der Waals surface area contributed by atoms with Crippen molar-refractivity contribution in [1.82, 2.24) is 0 Å². The number of hydrogen-bond donors (Lipinski definition) is 1. The lowest BCUT2D eigenvalue weighted by Gasteiger charge is -2.14. The van der Waals surface area contributed by atoms with Gasteiger partial charge in [0.25, 0.3) is 0 Å². The standard InChI is InChI=1S/C9H12O2S/c1-11-9(10)8-3-2-6-12(8)7-4-5-7/h2-3,6-7,12H,4-5H2,1H3. The molecule has 0 radical (unpaired) electrons. The van der Waals surface area contributed by atoms with Gasteiger partial charge in [0, 0.05) is 0 Å². The maximum Gasteiger partial charge on any atom is 0.342 e. The molecule has 0 saturated heterocycles. The van der Waals surface area contributed by atoms with E-state index in [2.05, 4.69) is 5.41 Å². The van der Waals surface area contributed by atoms with Gasteiger partial charge in [0.05, 0.1) is 12.0 Å². The fraction of sp³-hybridized carbons (Fsp3) is 0.444. The highest BCUT2D eigenvalue weighted by molar-refractivity contribution is 8.24. The van der Waals surface area contributed by atoms with Crippen LogP contribution in [0.4, 0.5) is 0 Å². The van der Waals surface area contributed by atoms with Crippen LogP contribution in [0.1, 0.15) is 12.8 Å². The summed E-state index contributed by atoms with van der Waals surface area (Å²) >= 11 is 0. The molecule has 0 N–H and O–H groups in total. The molecular formula is C9H12O2S. The molecule has 3 heteroatoms. The van der Waals surface area contributed by atoms with Gasteiger partial charge in [-0.3, -0.25) is 0 Å². The summed E-state index contributed by atoms with van der Waals surface area (Å²) in [5.74, 6) is -0.141. The normalized spacial score (nSPS) is 30.1. The molecule has 1 heterocycles. The van der Waals surface area contributed by atoms with E-state index in [1.165, 1.54) is 20.0 Å². The van der Waals surface area contributed by atoms with Crippen LogP contribution in [0.3, 0.4) is 0 Å². The Balaban J connectivity index is 2.10. The molecule has 1 atom stereocenters. The number of allylic oxidation sites excluding steroid dienone is 2. The van der Waals surface area contributed by atoms with E-state index < -0.39 is 0 Å². The van der Waals surface area contributed by atoms with Crippen molar-refractivity contribution in [2.24, 2.45) is 0 Å². The summed E-state index contributed by atoms with van der Waals surface area (Å²) in [6.45, 7) is 0. The molecule has 1 unspecified atom stereocenters. The van der Waals surface area contributed by atoms with E-state index in [9.17, 15) is 4.79 Å². The Morgan fingerprint density at radius 2 is 2.42 bits per heavy atom. The van der Waals surface area contributed by atoms with Gasteiger partial charge in [-0.15, -0.1) is 0 Å². The van der Waals surface area contributed by atoms with E-state index in [4.69, 9.17) is 4.74 Å². The van der Waals surface area contributed by atoms with Crippen LogP contribution in [-0.4, -0.2) is 18.3 Å². The van der Waals surface area contributed by atoms with Crippen LogP contribution >= 0.6 is 10.9 Å². The summed E-state index contributed by atoms with van der Waals surface area (Å²) in [6, 6.07) is 0. The van der Waals surface area contributed by atoms with Gasteiger partial charge in [-0.25, -0.2) is 4.79 Å². The first-order valence-electron chi connectivity index (χ1n) is 4.08. The Hall–Kier alpha value is -0.700. The fourth-order valence-electron chi connectivity index (χ4n) is 1.34. The number of carbonyl (C=O) groups excluding carboxylic acids is 1. The van der Waals surface area contributed by atoms with E-state index in [0.717, 1.165) is 10.2 Å². The third-order valence-corrected chi connectivity index (χ3v) is 4.80. The zero-order valence-corrected chi connectivity index (χ0v) is 7.88. The fourth-order valence-corrected chi connectivity index (χ4v) is 3.68. The van der Waals surface area contributed by atoms with E-state index >= 15 is 0 Å². The molecule has 1 fully saturated rings. The highest BCUT2D eigenvalue weighted by Crippen LogP contribution is 2.55. The van der Waals surface area contributed by atoms with Crippen molar-refractivity contribution in [3.05, 3.63) is 22.5 Å². The summed E-state index contributed by atoms with van der Waals surface area (Å²) in [5.41, 5.74) is 0. The molecule has 12 heavy (non-hydrogen) atoms. The second-order valence-corrected chi connectivity index (χ2v) is 5.35. The van der Waals surface area contributed by atoms with E-state index in [0.29, 0.717) is 0 Å². The number of ether oxygens (including phenoxy) is 1. The summed E-state index contributed by atoms with van der Waals surface area (Å²) in [6.07, 6.45) is 6.45. The first-order valence-corrected chi connectivity index (χ1v) is 5.56. The Bertz CT molecular complexity index is 264. The Kier molecular flexibility index (Phi) is 1.97. The number of methoxy groups -OCH3 is 1. The average molecular weight is 184 g/mol. The van der Waals surface area contributed by atoms with Crippen molar-refractivity contribution in [1.29, 1.82) is 0 Å². The summed E-state index contributed by atoms with van der Waals surface area (Å²) < 4.78 is 4.71. The second-order valence-electron chi connectivity index (χ2n) is 3.02. The monoisotopic (exact) mass is 184 g/mol. The van der Waals surface area contributed by atoms with Gasteiger partial charge in [-0.05, 0) is 29.6 Å². The van der Waals surface area contributed by atoms with Crippen molar-refractivity contribution < 1.29 is 9.53 Å². The van der Waals surface area contributed by atoms with Gasteiger partial charge < -0.3 is 4.74 Å². The largest absolute Gasteiger partial charge is 0.465 e. The lowest BCUT2D eigenvalue weighted by molar-refractivity contribution is -0.135. The zero-order chi connectivity index (χ0) is 8.55. The molecule has 1 saturated carbocycles. The van der Waals surface area contributed by atoms with E-state index in [1.54, 1.807) is 0 Å². The van der Waals surface area contributed by atoms with Crippen molar-refractivity contribution in [2.75, 3.05) is 7.11 Å². The van der Waals surface area contributed by atoms with Crippen LogP contribution in [0, 0.1) is 0 Å². The number of esters is 1. The maximum atomic E-state index is 11.2. The first kappa shape index (κ1) is 7.92. The highest BCUT2D eigenvalue weighted by atomic mass is 32.2. The third kappa shape index (κ3) is 1.29. The predicted octanol–water partition coefficient (Wildman–Crippen LogP) is 1.73. The van der Waals surface area contributed by atoms with E-state index in [-0.39, 0.29) is 16.9 Å².